The van der Waals surface area contributed by atoms with Crippen LogP contribution in [0.15, 0.2) is 30.3 Å². The summed E-state index contributed by atoms with van der Waals surface area (Å²) in [4.78, 5) is 14.2. The van der Waals surface area contributed by atoms with Crippen molar-refractivity contribution in [3.05, 3.63) is 35.9 Å². The van der Waals surface area contributed by atoms with E-state index in [1.165, 1.54) is 0 Å². The average molecular weight is 263 g/mol. The summed E-state index contributed by atoms with van der Waals surface area (Å²) >= 11 is 0. The van der Waals surface area contributed by atoms with E-state index < -0.39 is 5.60 Å². The lowest BCUT2D eigenvalue weighted by molar-refractivity contribution is -0.152. The summed E-state index contributed by atoms with van der Waals surface area (Å²) in [5, 5.41) is 9.16. The highest BCUT2D eigenvalue weighted by Gasteiger charge is 2.40. The molecule has 4 nitrogen and oxygen atoms in total. The fourth-order valence-electron chi connectivity index (χ4n) is 2.46. The van der Waals surface area contributed by atoms with Crippen molar-refractivity contribution in [3.63, 3.8) is 0 Å². The first kappa shape index (κ1) is 14.0. The molecule has 1 aliphatic heterocycles. The van der Waals surface area contributed by atoms with Crippen LogP contribution in [-0.2, 0) is 16.1 Å². The molecule has 1 unspecified atom stereocenters. The number of benzene rings is 1. The third kappa shape index (κ3) is 3.33. The van der Waals surface area contributed by atoms with E-state index >= 15 is 0 Å². The van der Waals surface area contributed by atoms with Crippen molar-refractivity contribution in [2.24, 2.45) is 0 Å². The molecule has 0 saturated carbocycles. The summed E-state index contributed by atoms with van der Waals surface area (Å²) in [6.45, 7) is 3.30. The Bertz CT molecular complexity index is 413. The second-order valence-corrected chi connectivity index (χ2v) is 5.12. The largest absolute Gasteiger partial charge is 0.395 e. The number of hydrogen-bond donors (Lipinski definition) is 1. The minimum absolute atomic E-state index is 0.0251. The van der Waals surface area contributed by atoms with Crippen LogP contribution in [-0.4, -0.2) is 41.3 Å². The number of ether oxygens (including phenoxy) is 1. The van der Waals surface area contributed by atoms with Crippen molar-refractivity contribution in [2.75, 3.05) is 19.8 Å². The topological polar surface area (TPSA) is 49.8 Å². The van der Waals surface area contributed by atoms with Gasteiger partial charge in [-0.3, -0.25) is 4.79 Å². The second-order valence-electron chi connectivity index (χ2n) is 5.12. The zero-order chi connectivity index (χ0) is 13.7. The van der Waals surface area contributed by atoms with Gasteiger partial charge in [0.05, 0.1) is 6.61 Å². The SMILES string of the molecule is CC1(C(=O)N(CCO)Cc2ccccc2)CCCO1. The van der Waals surface area contributed by atoms with Crippen LogP contribution in [0, 0.1) is 0 Å². The maximum Gasteiger partial charge on any atom is 0.254 e. The van der Waals surface area contributed by atoms with Gasteiger partial charge in [-0.2, -0.15) is 0 Å². The van der Waals surface area contributed by atoms with Gasteiger partial charge in [-0.1, -0.05) is 30.3 Å². The van der Waals surface area contributed by atoms with E-state index in [1.54, 1.807) is 4.90 Å². The Labute approximate surface area is 114 Å². The van der Waals surface area contributed by atoms with Crippen molar-refractivity contribution in [2.45, 2.75) is 31.9 Å². The quantitative estimate of drug-likeness (QED) is 0.877. The van der Waals surface area contributed by atoms with Gasteiger partial charge in [0.15, 0.2) is 0 Å². The Morgan fingerprint density at radius 1 is 1.42 bits per heavy atom. The predicted octanol–water partition coefficient (Wildman–Crippen LogP) is 1.58. The molecule has 0 aromatic heterocycles. The first-order chi connectivity index (χ1) is 9.15. The smallest absolute Gasteiger partial charge is 0.254 e. The number of nitrogens with zero attached hydrogens (tertiary/aromatic N) is 1. The molecule has 4 heteroatoms. The van der Waals surface area contributed by atoms with Crippen LogP contribution >= 0.6 is 0 Å². The Morgan fingerprint density at radius 3 is 2.74 bits per heavy atom. The summed E-state index contributed by atoms with van der Waals surface area (Å²) in [6.07, 6.45) is 1.67. The number of carbonyl (C=O) groups is 1. The molecule has 1 aromatic rings. The number of rotatable bonds is 5. The Hall–Kier alpha value is -1.39. The standard InChI is InChI=1S/C15H21NO3/c1-15(8-5-11-19-15)14(18)16(9-10-17)12-13-6-3-2-4-7-13/h2-4,6-7,17H,5,8-12H2,1H3. The summed E-state index contributed by atoms with van der Waals surface area (Å²) < 4.78 is 5.59. The zero-order valence-corrected chi connectivity index (χ0v) is 11.3. The normalized spacial score (nSPS) is 22.4. The maximum absolute atomic E-state index is 12.6. The van der Waals surface area contributed by atoms with Crippen LogP contribution in [0.5, 0.6) is 0 Å². The van der Waals surface area contributed by atoms with Gasteiger partial charge in [0, 0.05) is 19.7 Å². The minimum atomic E-state index is -0.718. The highest BCUT2D eigenvalue weighted by molar-refractivity contribution is 5.85. The maximum atomic E-state index is 12.6. The molecule has 104 valence electrons. The van der Waals surface area contributed by atoms with Gasteiger partial charge in [-0.05, 0) is 25.3 Å². The molecule has 1 aliphatic rings. The molecule has 1 heterocycles. The van der Waals surface area contributed by atoms with E-state index in [-0.39, 0.29) is 12.5 Å². The van der Waals surface area contributed by atoms with Crippen LogP contribution < -0.4 is 0 Å². The molecule has 19 heavy (non-hydrogen) atoms. The van der Waals surface area contributed by atoms with Crippen molar-refractivity contribution >= 4 is 5.91 Å². The van der Waals surface area contributed by atoms with E-state index in [9.17, 15) is 4.79 Å². The molecular weight excluding hydrogens is 242 g/mol. The summed E-state index contributed by atoms with van der Waals surface area (Å²) in [5.41, 5.74) is 0.343. The molecule has 0 bridgehead atoms. The molecule has 1 atom stereocenters. The lowest BCUT2D eigenvalue weighted by atomic mass is 10.0. The summed E-state index contributed by atoms with van der Waals surface area (Å²) in [6, 6.07) is 9.81. The highest BCUT2D eigenvalue weighted by Crippen LogP contribution is 2.27. The van der Waals surface area contributed by atoms with Crippen LogP contribution in [0.4, 0.5) is 0 Å². The number of aliphatic hydroxyl groups is 1. The molecule has 0 spiro atoms. The molecule has 1 fully saturated rings. The lowest BCUT2D eigenvalue weighted by Crippen LogP contribution is -2.47. The van der Waals surface area contributed by atoms with Crippen LogP contribution in [0.1, 0.15) is 25.3 Å². The lowest BCUT2D eigenvalue weighted by Gasteiger charge is -2.30. The summed E-state index contributed by atoms with van der Waals surface area (Å²) in [7, 11) is 0. The van der Waals surface area contributed by atoms with E-state index in [4.69, 9.17) is 9.84 Å². The van der Waals surface area contributed by atoms with Crippen molar-refractivity contribution < 1.29 is 14.6 Å². The van der Waals surface area contributed by atoms with Crippen molar-refractivity contribution in [1.29, 1.82) is 0 Å². The molecule has 0 radical (unpaired) electrons. The zero-order valence-electron chi connectivity index (χ0n) is 11.3. The monoisotopic (exact) mass is 263 g/mol. The van der Waals surface area contributed by atoms with E-state index in [0.717, 1.165) is 18.4 Å². The van der Waals surface area contributed by atoms with E-state index in [1.807, 2.05) is 37.3 Å². The average Bonchev–Trinajstić information content (AvgIpc) is 2.87. The van der Waals surface area contributed by atoms with Crippen molar-refractivity contribution in [3.8, 4) is 0 Å². The molecule has 2 rings (SSSR count). The first-order valence-corrected chi connectivity index (χ1v) is 6.74. The second kappa shape index (κ2) is 6.17. The molecule has 0 aliphatic carbocycles. The van der Waals surface area contributed by atoms with Gasteiger partial charge in [0.1, 0.15) is 5.60 Å². The number of amides is 1. The van der Waals surface area contributed by atoms with Gasteiger partial charge < -0.3 is 14.7 Å². The highest BCUT2D eigenvalue weighted by atomic mass is 16.5. The Morgan fingerprint density at radius 2 is 2.16 bits per heavy atom. The van der Waals surface area contributed by atoms with Crippen molar-refractivity contribution in [1.82, 2.24) is 4.90 Å². The molecular formula is C15H21NO3. The van der Waals surface area contributed by atoms with Gasteiger partial charge in [-0.15, -0.1) is 0 Å². The fraction of sp³-hybridized carbons (Fsp3) is 0.533. The summed E-state index contributed by atoms with van der Waals surface area (Å²) in [5.74, 6) is -0.0251. The molecule has 1 N–H and O–H groups in total. The Balaban J connectivity index is 2.09. The third-order valence-electron chi connectivity index (χ3n) is 3.54. The van der Waals surface area contributed by atoms with Crippen LogP contribution in [0.2, 0.25) is 0 Å². The number of hydrogen-bond acceptors (Lipinski definition) is 3. The fourth-order valence-corrected chi connectivity index (χ4v) is 2.46. The van der Waals surface area contributed by atoms with Gasteiger partial charge in [0.25, 0.3) is 5.91 Å². The molecule has 1 amide bonds. The van der Waals surface area contributed by atoms with Gasteiger partial charge in [-0.25, -0.2) is 0 Å². The first-order valence-electron chi connectivity index (χ1n) is 6.74. The molecule has 1 saturated heterocycles. The predicted molar refractivity (Wildman–Crippen MR) is 72.5 cm³/mol. The van der Waals surface area contributed by atoms with Crippen LogP contribution in [0.25, 0.3) is 0 Å². The number of carbonyl (C=O) groups excluding carboxylic acids is 1. The van der Waals surface area contributed by atoms with E-state index in [0.29, 0.717) is 19.7 Å². The number of aliphatic hydroxyl groups excluding tert-OH is 1. The third-order valence-corrected chi connectivity index (χ3v) is 3.54. The minimum Gasteiger partial charge on any atom is -0.395 e. The van der Waals surface area contributed by atoms with E-state index in [2.05, 4.69) is 0 Å². The molecule has 1 aromatic carbocycles. The van der Waals surface area contributed by atoms with Gasteiger partial charge in [0.2, 0.25) is 0 Å². The Kier molecular flexibility index (Phi) is 4.56. The van der Waals surface area contributed by atoms with Crippen LogP contribution in [0.3, 0.4) is 0 Å². The van der Waals surface area contributed by atoms with Gasteiger partial charge >= 0.3 is 0 Å².